The number of nitrogens with two attached hydrogens (primary N) is 1. The number of fused-ring (bicyclic) bond motifs is 6. The lowest BCUT2D eigenvalue weighted by molar-refractivity contribution is 0.0213. The standard InChI is InChI=1S/C27H29FN6O3.C22H21FN6O.C14H19FN2O2.C14H14N4O2S.C2H6O.ClH/c1-27(2,3)37-26(36)33-9-8-16-12-22(21(28)11-19(16)15-33)31-25-30-14-18-10-17(13-29)24(35)34(23(18)32-25)20-6-4-5-7-20;23-18-8-15-11-25-6-5-13(15)9-19(18)27-22-26-12-16-7-14(10-24)21(30)29(20(16)28-22)17-3-1-2-4-17;1-14(2,3)19-13(18)17-5-4-9-7-12(16)11(15)6-10(9)8-17;1-21(20)14-16-8-10-6-9(7-15)13(19)18(12(10)17-14)11-4-2-3-5-11;1-2-3;/h10-12,14,20H,4-9,15H2,1-3H3,(H,30,31,32);7-9,12,17,25H,1-6,11H2,(H,26,27,28);6-7H,4-5,8,16H2,1-3H3;6,8,11H,2-5H2,1H3;3H,2H2,1H3;1H. The average Bonchev–Trinajstić information content (AvgIpc) is 1.75. The molecule has 1 unspecified atom stereocenters. The molecule has 6 aliphatic rings. The minimum absolute atomic E-state index is 0. The van der Waals surface area contributed by atoms with E-state index in [4.69, 9.17) is 25.6 Å². The maximum Gasteiger partial charge on any atom is 0.410 e. The van der Waals surface area contributed by atoms with Gasteiger partial charge in [-0.3, -0.25) is 32.3 Å². The van der Waals surface area contributed by atoms with E-state index in [1.54, 1.807) is 61.0 Å². The molecule has 584 valence electrons. The minimum atomic E-state index is -1.31. The lowest BCUT2D eigenvalue weighted by Crippen LogP contribution is -2.40. The number of hydrogen-bond acceptors (Lipinski definition) is 22. The van der Waals surface area contributed by atoms with Crippen LogP contribution in [0.2, 0.25) is 0 Å². The number of nitrogens with zero attached hydrogens (tertiary/aromatic N) is 14. The first-order chi connectivity index (χ1) is 52.5. The van der Waals surface area contributed by atoms with Crippen LogP contribution in [0.1, 0.15) is 194 Å². The van der Waals surface area contributed by atoms with E-state index >= 15 is 4.39 Å². The summed E-state index contributed by atoms with van der Waals surface area (Å²) in [7, 11) is -1.31. The fourth-order valence-electron chi connectivity index (χ4n) is 14.4. The van der Waals surface area contributed by atoms with Crippen molar-refractivity contribution < 1.29 is 41.5 Å². The number of pyridine rings is 3. The van der Waals surface area contributed by atoms with Crippen LogP contribution in [0.15, 0.2) is 92.7 Å². The van der Waals surface area contributed by atoms with Gasteiger partial charge < -0.3 is 46.1 Å². The Kier molecular flexibility index (Phi) is 26.7. The van der Waals surface area contributed by atoms with Crippen molar-refractivity contribution in [3.8, 4) is 18.2 Å². The highest BCUT2D eigenvalue weighted by Gasteiger charge is 2.31. The van der Waals surface area contributed by atoms with Gasteiger partial charge in [-0.1, -0.05) is 38.5 Å². The Bertz CT molecular complexity index is 5360. The Morgan fingerprint density at radius 3 is 1.32 bits per heavy atom. The summed E-state index contributed by atoms with van der Waals surface area (Å²) in [4.78, 5) is 92.0. The van der Waals surface area contributed by atoms with Crippen LogP contribution < -0.4 is 38.4 Å². The molecule has 3 aliphatic heterocycles. The molecule has 0 spiro atoms. The lowest BCUT2D eigenvalue weighted by atomic mass is 9.99. The maximum absolute atomic E-state index is 15.1. The molecule has 0 saturated heterocycles. The molecule has 0 radical (unpaired) electrons. The molecule has 6 aromatic heterocycles. The van der Waals surface area contributed by atoms with Crippen LogP contribution in [0.5, 0.6) is 0 Å². The second kappa shape index (κ2) is 35.8. The van der Waals surface area contributed by atoms with Crippen molar-refractivity contribution in [3.63, 3.8) is 0 Å². The molecular formula is C79H90ClF3N18O9S. The van der Waals surface area contributed by atoms with Crippen LogP contribution in [0.25, 0.3) is 33.1 Å². The maximum atomic E-state index is 15.1. The van der Waals surface area contributed by atoms with Crippen molar-refractivity contribution in [2.75, 3.05) is 48.9 Å². The highest BCUT2D eigenvalue weighted by atomic mass is 35.5. The van der Waals surface area contributed by atoms with Gasteiger partial charge in [-0.05, 0) is 201 Å². The Hall–Kier alpha value is -10.9. The van der Waals surface area contributed by atoms with Crippen LogP contribution in [0, 0.1) is 51.4 Å². The molecule has 9 aromatic rings. The minimum Gasteiger partial charge on any atom is -0.444 e. The van der Waals surface area contributed by atoms with Gasteiger partial charge in [-0.15, -0.1) is 12.4 Å². The molecular weight excluding hydrogens is 1470 g/mol. The highest BCUT2D eigenvalue weighted by molar-refractivity contribution is 7.84. The van der Waals surface area contributed by atoms with Gasteiger partial charge in [-0.2, -0.15) is 25.8 Å². The summed E-state index contributed by atoms with van der Waals surface area (Å²) < 4.78 is 70.4. The number of aliphatic hydroxyl groups excluding tert-OH is 1. The molecule has 32 heteroatoms. The summed E-state index contributed by atoms with van der Waals surface area (Å²) in [6.07, 6.45) is 18.9. The fourth-order valence-corrected chi connectivity index (χ4v) is 14.8. The highest BCUT2D eigenvalue weighted by Crippen LogP contribution is 2.36. The Balaban J connectivity index is 0.000000160. The number of aliphatic hydroxyl groups is 1. The van der Waals surface area contributed by atoms with Crippen LogP contribution >= 0.6 is 12.4 Å². The van der Waals surface area contributed by atoms with Crippen LogP contribution in [0.4, 0.5) is 51.7 Å². The number of anilines is 5. The first-order valence-corrected chi connectivity index (χ1v) is 38.4. The molecule has 9 heterocycles. The van der Waals surface area contributed by atoms with Crippen molar-refractivity contribution in [3.05, 3.63) is 172 Å². The number of rotatable bonds is 8. The Morgan fingerprint density at radius 2 is 0.928 bits per heavy atom. The lowest BCUT2D eigenvalue weighted by Gasteiger charge is -2.31. The third-order valence-corrected chi connectivity index (χ3v) is 20.3. The van der Waals surface area contributed by atoms with Gasteiger partial charge in [0, 0.05) is 98.5 Å². The van der Waals surface area contributed by atoms with E-state index in [2.05, 4.69) is 45.9 Å². The zero-order valence-electron chi connectivity index (χ0n) is 63.2. The first kappa shape index (κ1) is 82.6. The van der Waals surface area contributed by atoms with Crippen LogP contribution in [-0.2, 0) is 59.2 Å². The average molecular weight is 1560 g/mol. The topological polar surface area (TPSA) is 373 Å². The van der Waals surface area contributed by atoms with Crippen LogP contribution in [-0.4, -0.2) is 119 Å². The van der Waals surface area contributed by atoms with E-state index in [9.17, 15) is 47.5 Å². The molecule has 6 N–H and O–H groups in total. The summed E-state index contributed by atoms with van der Waals surface area (Å²) in [5.41, 5.74) is 11.2. The molecule has 1 atom stereocenters. The quantitative estimate of drug-likeness (QED) is 0.0697. The molecule has 2 amide bonds. The summed E-state index contributed by atoms with van der Waals surface area (Å²) in [5.74, 6) is -0.917. The van der Waals surface area contributed by atoms with Gasteiger partial charge >= 0.3 is 12.2 Å². The molecule has 3 saturated carbocycles. The zero-order valence-corrected chi connectivity index (χ0v) is 64.9. The normalized spacial score (nSPS) is 15.7. The van der Waals surface area contributed by atoms with E-state index in [1.165, 1.54) is 42.8 Å². The van der Waals surface area contributed by atoms with E-state index in [-0.39, 0.29) is 117 Å². The molecule has 27 nitrogen and oxygen atoms in total. The summed E-state index contributed by atoms with van der Waals surface area (Å²) in [6.45, 7) is 16.0. The SMILES string of the molecule is CC(C)(C)OC(=O)N1CCc2cc(N)c(F)cc2C1.CC(C)(C)OC(=O)N1CCc2cc(Nc3ncc4cc(C#N)c(=O)n(C5CCCC5)c4n3)c(F)cc2C1.CCO.CS(=O)c1ncc2cc(C#N)c(=O)n(C3CCCC3)c2n1.Cl.N#Cc1cc2cnc(Nc3cc4c(cc3F)CNCC4)nc2n(C2CCCC2)c1=O. The molecule has 0 bridgehead atoms. The van der Waals surface area contributed by atoms with Gasteiger partial charge in [0.25, 0.3) is 16.7 Å². The second-order valence-electron chi connectivity index (χ2n) is 29.8. The largest absolute Gasteiger partial charge is 0.444 e. The third-order valence-electron chi connectivity index (χ3n) is 19.6. The Morgan fingerprint density at radius 1 is 0.568 bits per heavy atom. The van der Waals surface area contributed by atoms with Crippen molar-refractivity contribution in [2.45, 2.75) is 199 Å². The number of carbonyl (C=O) groups is 2. The number of amides is 2. The second-order valence-corrected chi connectivity index (χ2v) is 31.1. The monoisotopic (exact) mass is 1560 g/mol. The zero-order chi connectivity index (χ0) is 78.9. The summed E-state index contributed by atoms with van der Waals surface area (Å²) in [5, 5.41) is 46.7. The molecule has 3 fully saturated rings. The van der Waals surface area contributed by atoms with Crippen molar-refractivity contribution in [1.82, 2.24) is 58.7 Å². The van der Waals surface area contributed by atoms with E-state index in [0.29, 0.717) is 77.8 Å². The number of carbonyl (C=O) groups excluding carboxylic acids is 2. The van der Waals surface area contributed by atoms with Gasteiger partial charge in [0.2, 0.25) is 17.1 Å². The summed E-state index contributed by atoms with van der Waals surface area (Å²) >= 11 is 0. The van der Waals surface area contributed by atoms with Crippen molar-refractivity contribution >= 4 is 97.5 Å². The number of halogens is 4. The van der Waals surface area contributed by atoms with Gasteiger partial charge in [0.1, 0.15) is 80.5 Å². The first-order valence-electron chi connectivity index (χ1n) is 36.9. The van der Waals surface area contributed by atoms with Gasteiger partial charge in [0.15, 0.2) is 0 Å². The third kappa shape index (κ3) is 19.6. The van der Waals surface area contributed by atoms with Gasteiger partial charge in [-0.25, -0.2) is 42.7 Å². The van der Waals surface area contributed by atoms with Gasteiger partial charge in [0.05, 0.1) is 27.9 Å². The number of nitriles is 3. The Labute approximate surface area is 647 Å². The number of ether oxygens (including phenoxy) is 2. The smallest absolute Gasteiger partial charge is 0.410 e. The molecule has 111 heavy (non-hydrogen) atoms. The number of aromatic nitrogens is 9. The number of hydrogen-bond donors (Lipinski definition) is 5. The molecule has 15 rings (SSSR count). The molecule has 3 aromatic carbocycles. The van der Waals surface area contributed by atoms with Crippen molar-refractivity contribution in [1.29, 1.82) is 15.8 Å². The summed E-state index contributed by atoms with van der Waals surface area (Å²) in [6, 6.07) is 20.0. The number of nitrogens with one attached hydrogen (secondary N) is 3. The number of benzene rings is 3. The van der Waals surface area contributed by atoms with Crippen molar-refractivity contribution in [2.24, 2.45) is 0 Å². The number of nitrogen functional groups attached to an aromatic ring is 1. The van der Waals surface area contributed by atoms with Crippen LogP contribution in [0.3, 0.4) is 0 Å². The van der Waals surface area contributed by atoms with E-state index < -0.39 is 39.7 Å². The van der Waals surface area contributed by atoms with E-state index in [1.807, 2.05) is 65.8 Å². The fraction of sp³-hybridized carbons (Fsp3) is 0.443. The predicted octanol–water partition coefficient (Wildman–Crippen LogP) is 12.9. The van der Waals surface area contributed by atoms with E-state index in [0.717, 1.165) is 123 Å². The molecule has 3 aliphatic carbocycles. The predicted molar refractivity (Wildman–Crippen MR) is 417 cm³/mol.